The van der Waals surface area contributed by atoms with Gasteiger partial charge in [-0.15, -0.1) is 0 Å². The molecular weight excluding hydrogens is 296 g/mol. The van der Waals surface area contributed by atoms with Crippen molar-refractivity contribution >= 4 is 16.0 Å². The van der Waals surface area contributed by atoms with E-state index in [0.717, 1.165) is 13.0 Å². The molecule has 2 rings (SSSR count). The summed E-state index contributed by atoms with van der Waals surface area (Å²) < 4.78 is 37.3. The molecule has 0 bridgehead atoms. The molecule has 1 atom stereocenters. The number of sulfonamides is 1. The van der Waals surface area contributed by atoms with Gasteiger partial charge in [0.25, 0.3) is 0 Å². The number of nitrogens with one attached hydrogen (secondary N) is 2. The summed E-state index contributed by atoms with van der Waals surface area (Å²) in [6.07, 6.45) is 3.24. The number of hydrogen-bond acceptors (Lipinski definition) is 7. The Morgan fingerprint density at radius 3 is 2.71 bits per heavy atom. The normalized spacial score (nSPS) is 19.4. The highest BCUT2D eigenvalue weighted by molar-refractivity contribution is 7.89. The third-order valence-corrected chi connectivity index (χ3v) is 4.24. The number of nitrogens with zero attached hydrogens (tertiary/aromatic N) is 2. The molecule has 0 saturated carbocycles. The Kier molecular flexibility index (Phi) is 5.85. The van der Waals surface area contributed by atoms with Crippen LogP contribution < -0.4 is 10.0 Å². The zero-order valence-corrected chi connectivity index (χ0v) is 12.7. The van der Waals surface area contributed by atoms with E-state index in [1.807, 2.05) is 6.92 Å². The Morgan fingerprint density at radius 1 is 1.33 bits per heavy atom. The molecule has 8 nitrogen and oxygen atoms in total. The number of aromatic nitrogens is 2. The third-order valence-electron chi connectivity index (χ3n) is 2.86. The van der Waals surface area contributed by atoms with Crippen LogP contribution in [-0.4, -0.2) is 57.4 Å². The van der Waals surface area contributed by atoms with Gasteiger partial charge in [0.05, 0.1) is 38.3 Å². The third kappa shape index (κ3) is 4.88. The van der Waals surface area contributed by atoms with Crippen LogP contribution in [0.25, 0.3) is 0 Å². The van der Waals surface area contributed by atoms with Gasteiger partial charge in [-0.1, -0.05) is 6.92 Å². The first-order valence-corrected chi connectivity index (χ1v) is 8.35. The molecular formula is C12H20N4O4S. The molecule has 1 aliphatic heterocycles. The van der Waals surface area contributed by atoms with Crippen molar-refractivity contribution < 1.29 is 17.9 Å². The lowest BCUT2D eigenvalue weighted by Crippen LogP contribution is -2.39. The summed E-state index contributed by atoms with van der Waals surface area (Å²) in [5.74, 6) is 0.416. The predicted octanol–water partition coefficient (Wildman–Crippen LogP) is -0.00780. The molecule has 9 heteroatoms. The molecule has 1 fully saturated rings. The van der Waals surface area contributed by atoms with Gasteiger partial charge in [-0.25, -0.2) is 23.1 Å². The van der Waals surface area contributed by atoms with E-state index in [9.17, 15) is 8.42 Å². The van der Waals surface area contributed by atoms with Crippen molar-refractivity contribution in [1.29, 1.82) is 0 Å². The Balaban J connectivity index is 1.91. The highest BCUT2D eigenvalue weighted by Gasteiger charge is 2.20. The van der Waals surface area contributed by atoms with Crippen LogP contribution in [0.5, 0.6) is 0 Å². The van der Waals surface area contributed by atoms with Gasteiger partial charge in [0.2, 0.25) is 16.0 Å². The van der Waals surface area contributed by atoms with Crippen LogP contribution in [-0.2, 0) is 19.5 Å². The van der Waals surface area contributed by atoms with Gasteiger partial charge in [-0.3, -0.25) is 0 Å². The Morgan fingerprint density at radius 2 is 2.10 bits per heavy atom. The van der Waals surface area contributed by atoms with E-state index in [2.05, 4.69) is 20.0 Å². The smallest absolute Gasteiger partial charge is 0.243 e. The molecule has 0 aliphatic carbocycles. The molecule has 0 aromatic carbocycles. The van der Waals surface area contributed by atoms with Crippen LogP contribution in [0.2, 0.25) is 0 Å². The topological polar surface area (TPSA) is 102 Å². The van der Waals surface area contributed by atoms with E-state index >= 15 is 0 Å². The average Bonchev–Trinajstić information content (AvgIpc) is 2.52. The zero-order chi connectivity index (χ0) is 15.1. The minimum Gasteiger partial charge on any atom is -0.376 e. The SMILES string of the molecule is CCCNc1ncc(S(=O)(=O)NCC2COCCO2)cn1. The maximum absolute atomic E-state index is 12.1. The van der Waals surface area contributed by atoms with Gasteiger partial charge in [-0.05, 0) is 6.42 Å². The summed E-state index contributed by atoms with van der Waals surface area (Å²) in [5.41, 5.74) is 0. The first-order valence-electron chi connectivity index (χ1n) is 6.86. The summed E-state index contributed by atoms with van der Waals surface area (Å²) in [4.78, 5) is 7.99. The highest BCUT2D eigenvalue weighted by atomic mass is 32.2. The van der Waals surface area contributed by atoms with Gasteiger partial charge in [0.15, 0.2) is 0 Å². The summed E-state index contributed by atoms with van der Waals surface area (Å²) in [6, 6.07) is 0. The van der Waals surface area contributed by atoms with E-state index in [0.29, 0.717) is 25.8 Å². The predicted molar refractivity (Wildman–Crippen MR) is 76.6 cm³/mol. The van der Waals surface area contributed by atoms with Crippen LogP contribution in [0.1, 0.15) is 13.3 Å². The maximum atomic E-state index is 12.1. The lowest BCUT2D eigenvalue weighted by Gasteiger charge is -2.22. The van der Waals surface area contributed by atoms with Crippen LogP contribution in [0.3, 0.4) is 0 Å². The first-order chi connectivity index (χ1) is 10.1. The van der Waals surface area contributed by atoms with Crippen molar-refractivity contribution in [3.8, 4) is 0 Å². The quantitative estimate of drug-likeness (QED) is 0.729. The van der Waals surface area contributed by atoms with Crippen molar-refractivity contribution in [3.63, 3.8) is 0 Å². The van der Waals surface area contributed by atoms with E-state index in [-0.39, 0.29) is 17.5 Å². The van der Waals surface area contributed by atoms with E-state index in [1.165, 1.54) is 12.4 Å². The second-order valence-corrected chi connectivity index (χ2v) is 6.36. The minimum atomic E-state index is -3.64. The highest BCUT2D eigenvalue weighted by Crippen LogP contribution is 2.08. The number of hydrogen-bond donors (Lipinski definition) is 2. The van der Waals surface area contributed by atoms with Crippen LogP contribution in [0.4, 0.5) is 5.95 Å². The van der Waals surface area contributed by atoms with Gasteiger partial charge >= 0.3 is 0 Å². The molecule has 1 aromatic rings. The molecule has 2 N–H and O–H groups in total. The summed E-state index contributed by atoms with van der Waals surface area (Å²) >= 11 is 0. The summed E-state index contributed by atoms with van der Waals surface area (Å²) in [5, 5.41) is 2.98. The summed E-state index contributed by atoms with van der Waals surface area (Å²) in [6.45, 7) is 4.34. The monoisotopic (exact) mass is 316 g/mol. The largest absolute Gasteiger partial charge is 0.376 e. The van der Waals surface area contributed by atoms with Gasteiger partial charge < -0.3 is 14.8 Å². The molecule has 1 unspecified atom stereocenters. The fraction of sp³-hybridized carbons (Fsp3) is 0.667. The zero-order valence-electron chi connectivity index (χ0n) is 11.9. The van der Waals surface area contributed by atoms with E-state index in [1.54, 1.807) is 0 Å². The second kappa shape index (κ2) is 7.64. The molecule has 0 radical (unpaired) electrons. The lowest BCUT2D eigenvalue weighted by atomic mass is 10.3. The number of rotatable bonds is 7. The molecule has 21 heavy (non-hydrogen) atoms. The van der Waals surface area contributed by atoms with Gasteiger partial charge in [0.1, 0.15) is 4.90 Å². The molecule has 1 aromatic heterocycles. The van der Waals surface area contributed by atoms with E-state index in [4.69, 9.17) is 9.47 Å². The van der Waals surface area contributed by atoms with Gasteiger partial charge in [0, 0.05) is 13.1 Å². The second-order valence-electron chi connectivity index (χ2n) is 4.59. The Hall–Kier alpha value is -1.29. The minimum absolute atomic E-state index is 0.0290. The van der Waals surface area contributed by atoms with Crippen molar-refractivity contribution in [3.05, 3.63) is 12.4 Å². The van der Waals surface area contributed by atoms with Crippen molar-refractivity contribution in [2.75, 3.05) is 38.2 Å². The van der Waals surface area contributed by atoms with Crippen molar-refractivity contribution in [2.45, 2.75) is 24.3 Å². The van der Waals surface area contributed by atoms with E-state index < -0.39 is 10.0 Å². The Bertz CT molecular complexity index is 529. The van der Waals surface area contributed by atoms with Gasteiger partial charge in [-0.2, -0.15) is 0 Å². The average molecular weight is 316 g/mol. The molecule has 0 amide bonds. The van der Waals surface area contributed by atoms with Crippen molar-refractivity contribution in [1.82, 2.24) is 14.7 Å². The fourth-order valence-electron chi connectivity index (χ4n) is 1.72. The number of ether oxygens (including phenoxy) is 2. The molecule has 1 saturated heterocycles. The van der Waals surface area contributed by atoms with Crippen molar-refractivity contribution in [2.24, 2.45) is 0 Å². The van der Waals surface area contributed by atoms with Crippen LogP contribution >= 0.6 is 0 Å². The van der Waals surface area contributed by atoms with Crippen LogP contribution in [0.15, 0.2) is 17.3 Å². The fourth-order valence-corrected chi connectivity index (χ4v) is 2.68. The standard InChI is InChI=1S/C12H20N4O4S/c1-2-3-13-12-14-7-11(8-15-12)21(17,18)16-6-10-9-19-4-5-20-10/h7-8,10,16H,2-6,9H2,1H3,(H,13,14,15). The molecule has 0 spiro atoms. The maximum Gasteiger partial charge on any atom is 0.243 e. The first kappa shape index (κ1) is 16.1. The molecule has 1 aliphatic rings. The molecule has 2 heterocycles. The molecule has 118 valence electrons. The van der Waals surface area contributed by atoms with Crippen LogP contribution in [0, 0.1) is 0 Å². The lowest BCUT2D eigenvalue weighted by molar-refractivity contribution is -0.0846. The number of anilines is 1. The Labute approximate surface area is 124 Å². The summed E-state index contributed by atoms with van der Waals surface area (Å²) in [7, 11) is -3.64.